The average Bonchev–Trinajstić information content (AvgIpc) is 2.57. The van der Waals surface area contributed by atoms with Gasteiger partial charge in [-0.1, -0.05) is 17.7 Å². The molecule has 0 aliphatic heterocycles. The summed E-state index contributed by atoms with van der Waals surface area (Å²) >= 11 is 0. The van der Waals surface area contributed by atoms with Gasteiger partial charge in [0.25, 0.3) is 0 Å². The lowest BCUT2D eigenvalue weighted by atomic mass is 10.2. The van der Waals surface area contributed by atoms with Crippen LogP contribution in [-0.4, -0.2) is 11.1 Å². The highest BCUT2D eigenvalue weighted by Crippen LogP contribution is 2.11. The predicted octanol–water partition coefficient (Wildman–Crippen LogP) is 2.70. The van der Waals surface area contributed by atoms with Gasteiger partial charge < -0.3 is 15.7 Å². The minimum atomic E-state index is -0.503. The molecule has 2 amide bonds. The standard InChI is InChI=1S/C15H14N2O3/c1-10-2-4-11(5-3-10)16-15(20)17-12-6-8-13(18)14(19)9-7-12/h2-9H,1H3,(H,18,19)(H2,16,17,20). The van der Waals surface area contributed by atoms with Gasteiger partial charge in [-0.25, -0.2) is 4.79 Å². The minimum Gasteiger partial charge on any atom is -0.504 e. The predicted molar refractivity (Wildman–Crippen MR) is 78.2 cm³/mol. The topological polar surface area (TPSA) is 78.4 Å². The fourth-order valence-electron chi connectivity index (χ4n) is 1.57. The number of urea groups is 1. The summed E-state index contributed by atoms with van der Waals surface area (Å²) in [4.78, 5) is 23.0. The first kappa shape index (κ1) is 13.6. The molecule has 0 atom stereocenters. The molecule has 20 heavy (non-hydrogen) atoms. The summed E-state index contributed by atoms with van der Waals surface area (Å²) in [6, 6.07) is 12.2. The molecule has 0 bridgehead atoms. The molecule has 0 unspecified atom stereocenters. The number of carbonyl (C=O) groups is 1. The van der Waals surface area contributed by atoms with Crippen LogP contribution in [0.25, 0.3) is 0 Å². The molecule has 0 fully saturated rings. The zero-order chi connectivity index (χ0) is 14.5. The second kappa shape index (κ2) is 5.88. The number of rotatable bonds is 2. The molecule has 2 aromatic rings. The largest absolute Gasteiger partial charge is 0.504 e. The third kappa shape index (κ3) is 3.58. The van der Waals surface area contributed by atoms with Crippen LogP contribution >= 0.6 is 0 Å². The number of aryl methyl sites for hydroxylation is 1. The van der Waals surface area contributed by atoms with Crippen molar-refractivity contribution in [3.8, 4) is 5.75 Å². The maximum atomic E-state index is 11.8. The highest BCUT2D eigenvalue weighted by molar-refractivity contribution is 5.99. The summed E-state index contributed by atoms with van der Waals surface area (Å²) in [5.74, 6) is -0.364. The molecule has 102 valence electrons. The van der Waals surface area contributed by atoms with Crippen molar-refractivity contribution in [3.63, 3.8) is 0 Å². The van der Waals surface area contributed by atoms with Crippen molar-refractivity contribution in [1.29, 1.82) is 0 Å². The summed E-state index contributed by atoms with van der Waals surface area (Å²) in [6.45, 7) is 1.96. The van der Waals surface area contributed by atoms with E-state index in [0.717, 1.165) is 5.56 Å². The number of nitrogens with one attached hydrogen (secondary N) is 2. The van der Waals surface area contributed by atoms with Gasteiger partial charge in [-0.05, 0) is 43.3 Å². The highest BCUT2D eigenvalue weighted by Gasteiger charge is 2.02. The molecule has 3 N–H and O–H groups in total. The van der Waals surface area contributed by atoms with E-state index < -0.39 is 11.5 Å². The summed E-state index contributed by atoms with van der Waals surface area (Å²) in [5.41, 5.74) is 1.68. The van der Waals surface area contributed by atoms with Crippen LogP contribution in [0.2, 0.25) is 0 Å². The van der Waals surface area contributed by atoms with Gasteiger partial charge in [0, 0.05) is 11.4 Å². The van der Waals surface area contributed by atoms with Crippen LogP contribution in [0.15, 0.2) is 53.3 Å². The Hall–Kier alpha value is -2.82. The Morgan fingerprint density at radius 1 is 0.900 bits per heavy atom. The van der Waals surface area contributed by atoms with Gasteiger partial charge in [-0.15, -0.1) is 0 Å². The number of aromatic hydroxyl groups is 1. The van der Waals surface area contributed by atoms with E-state index in [1.807, 2.05) is 19.1 Å². The van der Waals surface area contributed by atoms with Crippen molar-refractivity contribution in [2.75, 3.05) is 10.6 Å². The van der Waals surface area contributed by atoms with E-state index >= 15 is 0 Å². The van der Waals surface area contributed by atoms with Crippen LogP contribution in [0.3, 0.4) is 0 Å². The lowest BCUT2D eigenvalue weighted by molar-refractivity contribution is 0.262. The Bertz CT molecular complexity index is 681. The maximum absolute atomic E-state index is 11.8. The fraction of sp³-hybridized carbons (Fsp3) is 0.0667. The number of anilines is 2. The Kier molecular flexibility index (Phi) is 4.00. The molecular formula is C15H14N2O3. The first-order valence-corrected chi connectivity index (χ1v) is 6.02. The maximum Gasteiger partial charge on any atom is 0.323 e. The van der Waals surface area contributed by atoms with Crippen molar-refractivity contribution in [1.82, 2.24) is 0 Å². The molecule has 0 aliphatic carbocycles. The van der Waals surface area contributed by atoms with E-state index in [1.165, 1.54) is 24.3 Å². The Morgan fingerprint density at radius 2 is 1.40 bits per heavy atom. The summed E-state index contributed by atoms with van der Waals surface area (Å²) < 4.78 is 0. The molecule has 0 spiro atoms. The van der Waals surface area contributed by atoms with Gasteiger partial charge in [0.2, 0.25) is 5.43 Å². The number of hydrogen-bond donors (Lipinski definition) is 3. The highest BCUT2D eigenvalue weighted by atomic mass is 16.3. The summed E-state index contributed by atoms with van der Waals surface area (Å²) in [6.07, 6.45) is 0. The minimum absolute atomic E-state index is 0.364. The zero-order valence-corrected chi connectivity index (χ0v) is 10.9. The van der Waals surface area contributed by atoms with Gasteiger partial charge >= 0.3 is 6.03 Å². The number of benzene rings is 1. The lowest BCUT2D eigenvalue weighted by Crippen LogP contribution is -2.19. The van der Waals surface area contributed by atoms with Crippen LogP contribution in [0.4, 0.5) is 16.2 Å². The smallest absolute Gasteiger partial charge is 0.323 e. The Balaban J connectivity index is 2.07. The van der Waals surface area contributed by atoms with Gasteiger partial charge in [0.15, 0.2) is 5.75 Å². The molecule has 0 heterocycles. The molecule has 2 rings (SSSR count). The molecule has 0 radical (unpaired) electrons. The quantitative estimate of drug-likeness (QED) is 0.785. The zero-order valence-electron chi connectivity index (χ0n) is 10.9. The number of hydrogen-bond acceptors (Lipinski definition) is 3. The van der Waals surface area contributed by atoms with E-state index in [1.54, 1.807) is 12.1 Å². The van der Waals surface area contributed by atoms with Crippen molar-refractivity contribution in [2.24, 2.45) is 0 Å². The molecule has 0 saturated carbocycles. The van der Waals surface area contributed by atoms with E-state index in [2.05, 4.69) is 10.6 Å². The normalized spacial score (nSPS) is 9.85. The van der Waals surface area contributed by atoms with E-state index in [9.17, 15) is 14.7 Å². The van der Waals surface area contributed by atoms with Crippen LogP contribution in [0.5, 0.6) is 5.75 Å². The third-order valence-corrected chi connectivity index (χ3v) is 2.65. The van der Waals surface area contributed by atoms with Crippen molar-refractivity contribution in [3.05, 3.63) is 64.3 Å². The third-order valence-electron chi connectivity index (χ3n) is 2.65. The second-order valence-corrected chi connectivity index (χ2v) is 4.32. The molecule has 0 aromatic heterocycles. The van der Waals surface area contributed by atoms with Crippen molar-refractivity contribution >= 4 is 17.4 Å². The first-order valence-electron chi connectivity index (χ1n) is 6.02. The van der Waals surface area contributed by atoms with Gasteiger partial charge in [-0.3, -0.25) is 4.79 Å². The van der Waals surface area contributed by atoms with Gasteiger partial charge in [0.1, 0.15) is 0 Å². The number of amides is 2. The fourth-order valence-corrected chi connectivity index (χ4v) is 1.57. The molecule has 0 aliphatic rings. The second-order valence-electron chi connectivity index (χ2n) is 4.32. The van der Waals surface area contributed by atoms with Crippen LogP contribution in [0.1, 0.15) is 5.56 Å². The average molecular weight is 270 g/mol. The van der Waals surface area contributed by atoms with Crippen LogP contribution < -0.4 is 16.1 Å². The van der Waals surface area contributed by atoms with Gasteiger partial charge in [-0.2, -0.15) is 0 Å². The molecule has 2 aromatic carbocycles. The Morgan fingerprint density at radius 3 is 2.00 bits per heavy atom. The van der Waals surface area contributed by atoms with Gasteiger partial charge in [0.05, 0.1) is 0 Å². The summed E-state index contributed by atoms with van der Waals surface area (Å²) in [5, 5.41) is 14.5. The van der Waals surface area contributed by atoms with Crippen molar-refractivity contribution < 1.29 is 9.90 Å². The lowest BCUT2D eigenvalue weighted by Gasteiger charge is -2.06. The Labute approximate surface area is 115 Å². The van der Waals surface area contributed by atoms with E-state index in [0.29, 0.717) is 11.4 Å². The first-order chi connectivity index (χ1) is 9.54. The van der Waals surface area contributed by atoms with Crippen LogP contribution in [-0.2, 0) is 0 Å². The van der Waals surface area contributed by atoms with E-state index in [-0.39, 0.29) is 5.75 Å². The monoisotopic (exact) mass is 270 g/mol. The molecule has 5 heteroatoms. The van der Waals surface area contributed by atoms with Crippen molar-refractivity contribution in [2.45, 2.75) is 6.92 Å². The summed E-state index contributed by atoms with van der Waals surface area (Å²) in [7, 11) is 0. The van der Waals surface area contributed by atoms with Crippen LogP contribution in [0, 0.1) is 6.92 Å². The number of carbonyl (C=O) groups excluding carboxylic acids is 1. The SMILES string of the molecule is Cc1ccc(NC(=O)Nc2ccc(O)c(=O)cc2)cc1. The molecular weight excluding hydrogens is 256 g/mol. The molecule has 0 saturated heterocycles. The van der Waals surface area contributed by atoms with E-state index in [4.69, 9.17) is 0 Å². The molecule has 5 nitrogen and oxygen atoms in total.